The number of rotatable bonds is 5. The molecule has 1 atom stereocenters. The topological polar surface area (TPSA) is 106 Å². The second kappa shape index (κ2) is 6.60. The van der Waals surface area contributed by atoms with Crippen LogP contribution >= 0.6 is 0 Å². The fraction of sp³-hybridized carbons (Fsp3) is 0.471. The number of phenolic OH excluding ortho intramolecular Hbond substituents is 1. The Morgan fingerprint density at radius 3 is 2.74 bits per heavy atom. The molecule has 124 valence electrons. The molecular formula is C17H22N2O4. The number of nitrogens with one attached hydrogen (secondary N) is 2. The number of carbonyl (C=O) groups is 1. The van der Waals surface area contributed by atoms with Gasteiger partial charge in [-0.2, -0.15) is 0 Å². The molecule has 0 spiro atoms. The highest BCUT2D eigenvalue weighted by molar-refractivity contribution is 5.97. The average Bonchev–Trinajstić information content (AvgIpc) is 3.00. The molecule has 1 fully saturated rings. The van der Waals surface area contributed by atoms with E-state index in [1.807, 2.05) is 0 Å². The van der Waals surface area contributed by atoms with E-state index in [4.69, 9.17) is 5.11 Å². The molecule has 0 aliphatic heterocycles. The molecule has 1 unspecified atom stereocenters. The molecule has 23 heavy (non-hydrogen) atoms. The zero-order valence-corrected chi connectivity index (χ0v) is 12.9. The fourth-order valence-electron chi connectivity index (χ4n) is 3.33. The van der Waals surface area contributed by atoms with Crippen molar-refractivity contribution in [3.63, 3.8) is 0 Å². The van der Waals surface area contributed by atoms with Gasteiger partial charge in [-0.15, -0.1) is 0 Å². The molecule has 1 saturated carbocycles. The first kappa shape index (κ1) is 15.8. The number of aliphatic hydroxyl groups is 1. The summed E-state index contributed by atoms with van der Waals surface area (Å²) >= 11 is 0. The van der Waals surface area contributed by atoms with E-state index >= 15 is 0 Å². The van der Waals surface area contributed by atoms with E-state index < -0.39 is 12.1 Å². The molecule has 5 N–H and O–H groups in total. The maximum atomic E-state index is 11.1. The van der Waals surface area contributed by atoms with Crippen molar-refractivity contribution in [2.45, 2.75) is 44.2 Å². The Kier molecular flexibility index (Phi) is 4.54. The summed E-state index contributed by atoms with van der Waals surface area (Å²) in [5, 5.41) is 33.4. The van der Waals surface area contributed by atoms with Crippen LogP contribution in [-0.2, 0) is 0 Å². The lowest BCUT2D eigenvalue weighted by atomic mass is 9.95. The number of aromatic amines is 1. The number of phenols is 1. The van der Waals surface area contributed by atoms with Crippen LogP contribution in [0.15, 0.2) is 18.2 Å². The van der Waals surface area contributed by atoms with Crippen LogP contribution in [0.1, 0.15) is 54.3 Å². The van der Waals surface area contributed by atoms with Gasteiger partial charge in [0.15, 0.2) is 0 Å². The summed E-state index contributed by atoms with van der Waals surface area (Å²) in [7, 11) is 0. The number of H-pyrrole nitrogens is 1. The van der Waals surface area contributed by atoms with Gasteiger partial charge < -0.3 is 25.6 Å². The maximum absolute atomic E-state index is 11.1. The molecule has 0 radical (unpaired) electrons. The Bertz CT molecular complexity index is 704. The second-order valence-corrected chi connectivity index (χ2v) is 6.21. The molecule has 0 bridgehead atoms. The van der Waals surface area contributed by atoms with E-state index in [1.165, 1.54) is 31.4 Å². The standard InChI is InChI=1S/C17H22N2O4/c20-14-7-6-11(12-8-13(17(22)23)19-16(12)14)15(21)9-18-10-4-2-1-3-5-10/h6-8,10,15,18-21H,1-5,9H2,(H,22,23). The van der Waals surface area contributed by atoms with Gasteiger partial charge in [-0.25, -0.2) is 4.79 Å². The summed E-state index contributed by atoms with van der Waals surface area (Å²) in [6.45, 7) is 0.415. The van der Waals surface area contributed by atoms with Crippen molar-refractivity contribution in [3.8, 4) is 5.75 Å². The van der Waals surface area contributed by atoms with E-state index in [2.05, 4.69) is 10.3 Å². The van der Waals surface area contributed by atoms with Crippen LogP contribution in [0, 0.1) is 0 Å². The number of aromatic nitrogens is 1. The average molecular weight is 318 g/mol. The summed E-state index contributed by atoms with van der Waals surface area (Å²) in [5.74, 6) is -1.12. The highest BCUT2D eigenvalue weighted by Gasteiger charge is 2.19. The largest absolute Gasteiger partial charge is 0.506 e. The number of aliphatic hydroxyl groups excluding tert-OH is 1. The van der Waals surface area contributed by atoms with Crippen LogP contribution in [0.5, 0.6) is 5.75 Å². The first-order chi connectivity index (χ1) is 11.1. The molecule has 1 aromatic heterocycles. The lowest BCUT2D eigenvalue weighted by Crippen LogP contribution is -2.34. The Hall–Kier alpha value is -2.05. The van der Waals surface area contributed by atoms with Crippen molar-refractivity contribution in [2.75, 3.05) is 6.54 Å². The number of hydrogen-bond donors (Lipinski definition) is 5. The number of benzene rings is 1. The Balaban J connectivity index is 1.80. The second-order valence-electron chi connectivity index (χ2n) is 6.21. The van der Waals surface area contributed by atoms with Crippen LogP contribution in [-0.4, -0.2) is 38.9 Å². The highest BCUT2D eigenvalue weighted by atomic mass is 16.4. The Morgan fingerprint density at radius 2 is 2.04 bits per heavy atom. The molecule has 6 nitrogen and oxygen atoms in total. The van der Waals surface area contributed by atoms with Gasteiger partial charge >= 0.3 is 5.97 Å². The van der Waals surface area contributed by atoms with Gasteiger partial charge in [0.05, 0.1) is 11.6 Å². The molecule has 1 heterocycles. The summed E-state index contributed by atoms with van der Waals surface area (Å²) in [4.78, 5) is 13.8. The fourth-order valence-corrected chi connectivity index (χ4v) is 3.33. The number of aromatic hydroxyl groups is 1. The van der Waals surface area contributed by atoms with Gasteiger partial charge in [-0.3, -0.25) is 0 Å². The van der Waals surface area contributed by atoms with Crippen molar-refractivity contribution in [1.29, 1.82) is 0 Å². The van der Waals surface area contributed by atoms with Crippen LogP contribution in [0.3, 0.4) is 0 Å². The molecule has 6 heteroatoms. The van der Waals surface area contributed by atoms with E-state index in [1.54, 1.807) is 6.07 Å². The van der Waals surface area contributed by atoms with Gasteiger partial charge in [0.1, 0.15) is 11.4 Å². The number of aromatic carboxylic acids is 1. The molecule has 0 saturated heterocycles. The summed E-state index contributed by atoms with van der Waals surface area (Å²) < 4.78 is 0. The summed E-state index contributed by atoms with van der Waals surface area (Å²) in [6, 6.07) is 5.01. The summed E-state index contributed by atoms with van der Waals surface area (Å²) in [6.07, 6.45) is 5.22. The van der Waals surface area contributed by atoms with Gasteiger partial charge in [0.25, 0.3) is 0 Å². The number of fused-ring (bicyclic) bond motifs is 1. The van der Waals surface area contributed by atoms with E-state index in [0.717, 1.165) is 12.8 Å². The third-order valence-corrected chi connectivity index (χ3v) is 4.60. The number of carboxylic acids is 1. The smallest absolute Gasteiger partial charge is 0.352 e. The van der Waals surface area contributed by atoms with E-state index in [9.17, 15) is 15.0 Å². The first-order valence-electron chi connectivity index (χ1n) is 8.05. The lowest BCUT2D eigenvalue weighted by molar-refractivity contribution is 0.0691. The monoisotopic (exact) mass is 318 g/mol. The third kappa shape index (κ3) is 3.33. The van der Waals surface area contributed by atoms with Gasteiger partial charge in [0, 0.05) is 18.0 Å². The quantitative estimate of drug-likeness (QED) is 0.582. The minimum atomic E-state index is -1.10. The SMILES string of the molecule is O=C(O)c1cc2c(C(O)CNC3CCCCC3)ccc(O)c2[nH]1. The molecule has 0 amide bonds. The Morgan fingerprint density at radius 1 is 1.30 bits per heavy atom. The maximum Gasteiger partial charge on any atom is 0.352 e. The number of carboxylic acid groups (broad SMARTS) is 1. The minimum Gasteiger partial charge on any atom is -0.506 e. The Labute approximate surface area is 134 Å². The normalized spacial score (nSPS) is 17.4. The molecular weight excluding hydrogens is 296 g/mol. The van der Waals surface area contributed by atoms with E-state index in [0.29, 0.717) is 29.1 Å². The van der Waals surface area contributed by atoms with Crippen LogP contribution in [0.2, 0.25) is 0 Å². The van der Waals surface area contributed by atoms with Gasteiger partial charge in [-0.05, 0) is 30.5 Å². The van der Waals surface area contributed by atoms with Crippen LogP contribution in [0.4, 0.5) is 0 Å². The molecule has 1 aliphatic carbocycles. The van der Waals surface area contributed by atoms with Crippen LogP contribution < -0.4 is 5.32 Å². The van der Waals surface area contributed by atoms with Crippen molar-refractivity contribution in [3.05, 3.63) is 29.5 Å². The third-order valence-electron chi connectivity index (χ3n) is 4.60. The van der Waals surface area contributed by atoms with Crippen molar-refractivity contribution >= 4 is 16.9 Å². The van der Waals surface area contributed by atoms with Gasteiger partial charge in [0.2, 0.25) is 0 Å². The molecule has 1 aromatic carbocycles. The van der Waals surface area contributed by atoms with Crippen LogP contribution in [0.25, 0.3) is 10.9 Å². The zero-order chi connectivity index (χ0) is 16.4. The van der Waals surface area contributed by atoms with Crippen molar-refractivity contribution in [1.82, 2.24) is 10.3 Å². The first-order valence-corrected chi connectivity index (χ1v) is 8.05. The predicted molar refractivity (Wildman–Crippen MR) is 86.8 cm³/mol. The molecule has 2 aromatic rings. The molecule has 1 aliphatic rings. The number of hydrogen-bond acceptors (Lipinski definition) is 4. The zero-order valence-electron chi connectivity index (χ0n) is 12.9. The molecule has 3 rings (SSSR count). The van der Waals surface area contributed by atoms with Gasteiger partial charge in [-0.1, -0.05) is 25.3 Å². The minimum absolute atomic E-state index is 0.00445. The van der Waals surface area contributed by atoms with Crippen molar-refractivity contribution in [2.24, 2.45) is 0 Å². The summed E-state index contributed by atoms with van der Waals surface area (Å²) in [5.41, 5.74) is 0.955. The van der Waals surface area contributed by atoms with E-state index in [-0.39, 0.29) is 11.4 Å². The lowest BCUT2D eigenvalue weighted by Gasteiger charge is -2.24. The highest BCUT2D eigenvalue weighted by Crippen LogP contribution is 2.31. The van der Waals surface area contributed by atoms with Crippen molar-refractivity contribution < 1.29 is 20.1 Å². The predicted octanol–water partition coefficient (Wildman–Crippen LogP) is 2.53.